The van der Waals surface area contributed by atoms with Crippen molar-refractivity contribution in [2.45, 2.75) is 13.8 Å². The molecule has 90 valence electrons. The molecule has 0 spiro atoms. The van der Waals surface area contributed by atoms with Gasteiger partial charge < -0.3 is 5.32 Å². The summed E-state index contributed by atoms with van der Waals surface area (Å²) in [7, 11) is 0. The first kappa shape index (κ1) is 10.8. The number of para-hydroxylation sites is 1. The highest BCUT2D eigenvalue weighted by molar-refractivity contribution is 5.89. The van der Waals surface area contributed by atoms with Crippen LogP contribution in [0.5, 0.6) is 0 Å². The fraction of sp³-hybridized carbons (Fsp3) is 0.143. The Labute approximate surface area is 105 Å². The number of rotatable bonds is 2. The third-order valence-corrected chi connectivity index (χ3v) is 2.95. The Morgan fingerprint density at radius 2 is 1.94 bits per heavy atom. The zero-order chi connectivity index (χ0) is 12.5. The average molecular weight is 238 g/mol. The van der Waals surface area contributed by atoms with Gasteiger partial charge in [0, 0.05) is 11.4 Å². The first-order valence-corrected chi connectivity index (χ1v) is 5.87. The van der Waals surface area contributed by atoms with Crippen molar-refractivity contribution in [3.8, 4) is 0 Å². The van der Waals surface area contributed by atoms with Gasteiger partial charge >= 0.3 is 0 Å². The minimum atomic E-state index is 0.881. The summed E-state index contributed by atoms with van der Waals surface area (Å²) < 4.78 is 0. The number of hydrogen-bond donors (Lipinski definition) is 2. The molecule has 0 atom stereocenters. The van der Waals surface area contributed by atoms with E-state index in [0.717, 1.165) is 28.1 Å². The summed E-state index contributed by atoms with van der Waals surface area (Å²) in [6.07, 6.45) is 1.74. The summed E-state index contributed by atoms with van der Waals surface area (Å²) in [5.74, 6) is 0. The molecule has 4 nitrogen and oxygen atoms in total. The SMILES string of the molecule is Cc1cc(Nc2ccccc2C)c2[nH]ncc2n1. The molecule has 3 aromatic rings. The van der Waals surface area contributed by atoms with E-state index in [2.05, 4.69) is 39.6 Å². The number of hydrogen-bond acceptors (Lipinski definition) is 3. The van der Waals surface area contributed by atoms with Gasteiger partial charge in [-0.2, -0.15) is 5.10 Å². The highest BCUT2D eigenvalue weighted by Crippen LogP contribution is 2.26. The number of fused-ring (bicyclic) bond motifs is 1. The third kappa shape index (κ3) is 1.82. The Morgan fingerprint density at radius 1 is 1.11 bits per heavy atom. The van der Waals surface area contributed by atoms with E-state index in [1.807, 2.05) is 25.1 Å². The lowest BCUT2D eigenvalue weighted by atomic mass is 10.2. The average Bonchev–Trinajstić information content (AvgIpc) is 2.80. The van der Waals surface area contributed by atoms with Gasteiger partial charge in [-0.1, -0.05) is 18.2 Å². The highest BCUT2D eigenvalue weighted by atomic mass is 15.1. The molecule has 0 aliphatic rings. The maximum absolute atomic E-state index is 4.43. The molecule has 1 aromatic carbocycles. The summed E-state index contributed by atoms with van der Waals surface area (Å²) in [4.78, 5) is 4.43. The molecule has 0 amide bonds. The molecule has 0 aliphatic carbocycles. The maximum atomic E-state index is 4.43. The van der Waals surface area contributed by atoms with Crippen molar-refractivity contribution in [1.29, 1.82) is 0 Å². The van der Waals surface area contributed by atoms with Crippen LogP contribution in [0, 0.1) is 13.8 Å². The molecule has 2 N–H and O–H groups in total. The number of aromatic amines is 1. The van der Waals surface area contributed by atoms with Crippen molar-refractivity contribution in [1.82, 2.24) is 15.2 Å². The summed E-state index contributed by atoms with van der Waals surface area (Å²) in [6.45, 7) is 4.07. The van der Waals surface area contributed by atoms with Crippen LogP contribution < -0.4 is 5.32 Å². The Bertz CT molecular complexity index is 700. The van der Waals surface area contributed by atoms with E-state index < -0.39 is 0 Å². The number of benzene rings is 1. The number of anilines is 2. The summed E-state index contributed by atoms with van der Waals surface area (Å²) in [5, 5.41) is 10.5. The van der Waals surface area contributed by atoms with Crippen LogP contribution in [0.4, 0.5) is 11.4 Å². The van der Waals surface area contributed by atoms with Gasteiger partial charge in [0.15, 0.2) is 0 Å². The minimum Gasteiger partial charge on any atom is -0.353 e. The van der Waals surface area contributed by atoms with Crippen molar-refractivity contribution < 1.29 is 0 Å². The van der Waals surface area contributed by atoms with E-state index in [9.17, 15) is 0 Å². The van der Waals surface area contributed by atoms with Crippen molar-refractivity contribution in [2.75, 3.05) is 5.32 Å². The fourth-order valence-corrected chi connectivity index (χ4v) is 2.02. The number of aromatic nitrogens is 3. The number of H-pyrrole nitrogens is 1. The van der Waals surface area contributed by atoms with E-state index in [-0.39, 0.29) is 0 Å². The lowest BCUT2D eigenvalue weighted by Crippen LogP contribution is -1.95. The Morgan fingerprint density at radius 3 is 2.78 bits per heavy atom. The lowest BCUT2D eigenvalue weighted by Gasteiger charge is -2.10. The second-order valence-electron chi connectivity index (χ2n) is 4.38. The van der Waals surface area contributed by atoms with Gasteiger partial charge in [0.1, 0.15) is 11.0 Å². The number of nitrogens with zero attached hydrogens (tertiary/aromatic N) is 2. The molecule has 0 bridgehead atoms. The van der Waals surface area contributed by atoms with Gasteiger partial charge in [0.05, 0.1) is 11.9 Å². The topological polar surface area (TPSA) is 53.6 Å². The molecule has 4 heteroatoms. The Kier molecular flexibility index (Phi) is 2.48. The van der Waals surface area contributed by atoms with Crippen LogP contribution in [0.25, 0.3) is 11.0 Å². The van der Waals surface area contributed by atoms with Crippen molar-refractivity contribution >= 4 is 22.4 Å². The van der Waals surface area contributed by atoms with E-state index in [1.54, 1.807) is 6.20 Å². The molecule has 2 aromatic heterocycles. The van der Waals surface area contributed by atoms with Crippen molar-refractivity contribution in [3.05, 3.63) is 47.8 Å². The summed E-state index contributed by atoms with van der Waals surface area (Å²) in [5.41, 5.74) is 6.10. The second-order valence-corrected chi connectivity index (χ2v) is 4.38. The van der Waals surface area contributed by atoms with Crippen LogP contribution in [0.3, 0.4) is 0 Å². The van der Waals surface area contributed by atoms with Crippen molar-refractivity contribution in [2.24, 2.45) is 0 Å². The summed E-state index contributed by atoms with van der Waals surface area (Å²) in [6, 6.07) is 10.2. The molecule has 18 heavy (non-hydrogen) atoms. The highest BCUT2D eigenvalue weighted by Gasteiger charge is 2.06. The fourth-order valence-electron chi connectivity index (χ4n) is 2.02. The largest absolute Gasteiger partial charge is 0.353 e. The monoisotopic (exact) mass is 238 g/mol. The molecule has 3 rings (SSSR count). The number of aryl methyl sites for hydroxylation is 2. The van der Waals surface area contributed by atoms with Gasteiger partial charge in [-0.3, -0.25) is 5.10 Å². The summed E-state index contributed by atoms with van der Waals surface area (Å²) >= 11 is 0. The quantitative estimate of drug-likeness (QED) is 0.720. The van der Waals surface area contributed by atoms with Crippen LogP contribution >= 0.6 is 0 Å². The number of nitrogens with one attached hydrogen (secondary N) is 2. The van der Waals surface area contributed by atoms with Crippen LogP contribution in [0.15, 0.2) is 36.5 Å². The zero-order valence-corrected chi connectivity index (χ0v) is 10.4. The third-order valence-electron chi connectivity index (χ3n) is 2.95. The van der Waals surface area contributed by atoms with E-state index in [4.69, 9.17) is 0 Å². The van der Waals surface area contributed by atoms with E-state index >= 15 is 0 Å². The molecule has 0 saturated carbocycles. The van der Waals surface area contributed by atoms with Crippen LogP contribution in [-0.2, 0) is 0 Å². The van der Waals surface area contributed by atoms with E-state index in [0.29, 0.717) is 0 Å². The smallest absolute Gasteiger partial charge is 0.110 e. The first-order chi connectivity index (χ1) is 8.74. The molecule has 0 unspecified atom stereocenters. The van der Waals surface area contributed by atoms with Crippen LogP contribution in [0.2, 0.25) is 0 Å². The zero-order valence-electron chi connectivity index (χ0n) is 10.4. The molecular formula is C14H14N4. The number of pyridine rings is 1. The molecule has 0 fully saturated rings. The predicted octanol–water partition coefficient (Wildman–Crippen LogP) is 3.32. The minimum absolute atomic E-state index is 0.881. The standard InChI is InChI=1S/C14H14N4/c1-9-5-3-4-6-11(9)17-12-7-10(2)16-13-8-15-18-14(12)13/h3-8H,1-2H3,(H,15,18)(H,16,17). The van der Waals surface area contributed by atoms with Gasteiger partial charge in [0.2, 0.25) is 0 Å². The Hall–Kier alpha value is -2.36. The Balaban J connectivity index is 2.10. The molecule has 0 radical (unpaired) electrons. The van der Waals surface area contributed by atoms with E-state index in [1.165, 1.54) is 5.56 Å². The lowest BCUT2D eigenvalue weighted by molar-refractivity contribution is 1.12. The van der Waals surface area contributed by atoms with Gasteiger partial charge in [-0.25, -0.2) is 4.98 Å². The maximum Gasteiger partial charge on any atom is 0.110 e. The molecule has 2 heterocycles. The van der Waals surface area contributed by atoms with Crippen LogP contribution in [-0.4, -0.2) is 15.2 Å². The normalized spacial score (nSPS) is 10.8. The second kappa shape index (κ2) is 4.14. The van der Waals surface area contributed by atoms with Crippen LogP contribution in [0.1, 0.15) is 11.3 Å². The molecule has 0 aliphatic heterocycles. The van der Waals surface area contributed by atoms with Gasteiger partial charge in [-0.05, 0) is 31.5 Å². The first-order valence-electron chi connectivity index (χ1n) is 5.87. The predicted molar refractivity (Wildman–Crippen MR) is 73.1 cm³/mol. The van der Waals surface area contributed by atoms with Crippen molar-refractivity contribution in [3.63, 3.8) is 0 Å². The molecule has 0 saturated heterocycles. The molecular weight excluding hydrogens is 224 g/mol. The van der Waals surface area contributed by atoms with Gasteiger partial charge in [-0.15, -0.1) is 0 Å². The van der Waals surface area contributed by atoms with Gasteiger partial charge in [0.25, 0.3) is 0 Å².